The molecule has 2 heterocycles. The molecule has 1 aromatic carbocycles. The molecular weight excluding hydrogens is 394 g/mol. The van der Waals surface area contributed by atoms with Gasteiger partial charge in [0.25, 0.3) is 0 Å². The fourth-order valence-corrected chi connectivity index (χ4v) is 5.08. The number of carbonyl (C=O) groups excluding carboxylic acids is 3. The van der Waals surface area contributed by atoms with Crippen LogP contribution >= 0.6 is 0 Å². The minimum atomic E-state index is -0.592. The molecule has 0 spiro atoms. The lowest BCUT2D eigenvalue weighted by molar-refractivity contribution is -0.754. The normalized spacial score (nSPS) is 22.2. The van der Waals surface area contributed by atoms with Crippen LogP contribution in [0, 0.1) is 0 Å². The first-order valence-electron chi connectivity index (χ1n) is 11.7. The number of amides is 3. The summed E-state index contributed by atoms with van der Waals surface area (Å²) in [7, 11) is 0. The second-order valence-corrected chi connectivity index (χ2v) is 9.13. The summed E-state index contributed by atoms with van der Waals surface area (Å²) < 4.78 is 5.02. The highest BCUT2D eigenvalue weighted by Gasteiger charge is 2.51. The van der Waals surface area contributed by atoms with Gasteiger partial charge in [0.05, 0.1) is 31.9 Å². The molecule has 1 aromatic rings. The molecule has 1 saturated carbocycles. The van der Waals surface area contributed by atoms with Crippen molar-refractivity contribution in [1.29, 1.82) is 0 Å². The van der Waals surface area contributed by atoms with Gasteiger partial charge in [0, 0.05) is 38.5 Å². The van der Waals surface area contributed by atoms with E-state index in [1.54, 1.807) is 0 Å². The van der Waals surface area contributed by atoms with Gasteiger partial charge in [-0.25, -0.2) is 9.59 Å². The topological polar surface area (TPSA) is 75.7 Å². The first-order chi connectivity index (χ1) is 15.1. The summed E-state index contributed by atoms with van der Waals surface area (Å²) in [5, 5.41) is 2.91. The van der Waals surface area contributed by atoms with Gasteiger partial charge in [-0.3, -0.25) is 9.69 Å². The van der Waals surface area contributed by atoms with Crippen LogP contribution in [0.1, 0.15) is 60.9 Å². The van der Waals surface area contributed by atoms with E-state index in [2.05, 4.69) is 10.2 Å². The summed E-state index contributed by atoms with van der Waals surface area (Å²) in [5.74, 6) is -1.43. The summed E-state index contributed by atoms with van der Waals surface area (Å²) in [6.07, 6.45) is 6.73. The van der Waals surface area contributed by atoms with Gasteiger partial charge >= 0.3 is 17.7 Å². The predicted molar refractivity (Wildman–Crippen MR) is 116 cm³/mol. The number of nitrogens with zero attached hydrogens (tertiary/aromatic N) is 2. The maximum absolute atomic E-state index is 13.5. The van der Waals surface area contributed by atoms with Crippen molar-refractivity contribution < 1.29 is 23.6 Å². The number of likely N-dealkylation sites (tertiary alicyclic amines) is 1. The van der Waals surface area contributed by atoms with Crippen LogP contribution in [0.5, 0.6) is 0 Å². The summed E-state index contributed by atoms with van der Waals surface area (Å²) in [6, 6.07) is 7.59. The number of benzene rings is 1. The van der Waals surface area contributed by atoms with Gasteiger partial charge in [0.1, 0.15) is 0 Å². The van der Waals surface area contributed by atoms with E-state index >= 15 is 0 Å². The Bertz CT molecular complexity index is 790. The molecule has 0 aromatic heterocycles. The maximum atomic E-state index is 13.5. The van der Waals surface area contributed by atoms with Crippen molar-refractivity contribution in [2.45, 2.75) is 57.5 Å². The van der Waals surface area contributed by atoms with Crippen molar-refractivity contribution in [3.05, 3.63) is 35.4 Å². The van der Waals surface area contributed by atoms with Crippen molar-refractivity contribution in [3.63, 3.8) is 0 Å². The van der Waals surface area contributed by atoms with Crippen LogP contribution in [0.3, 0.4) is 0 Å². The quantitative estimate of drug-likeness (QED) is 0.588. The van der Waals surface area contributed by atoms with E-state index in [1.165, 1.54) is 6.42 Å². The Morgan fingerprint density at radius 2 is 1.58 bits per heavy atom. The zero-order valence-electron chi connectivity index (χ0n) is 18.3. The lowest BCUT2D eigenvalue weighted by atomic mass is 9.95. The van der Waals surface area contributed by atoms with E-state index in [-0.39, 0.29) is 16.4 Å². The third-order valence-electron chi connectivity index (χ3n) is 6.95. The van der Waals surface area contributed by atoms with Gasteiger partial charge in [-0.05, 0) is 30.5 Å². The van der Waals surface area contributed by atoms with Gasteiger partial charge < -0.3 is 10.1 Å². The highest BCUT2D eigenvalue weighted by atomic mass is 16.5. The predicted octanol–water partition coefficient (Wildman–Crippen LogP) is 2.25. The molecule has 0 radical (unpaired) electrons. The minimum Gasteiger partial charge on any atom is -0.379 e. The Kier molecular flexibility index (Phi) is 7.15. The molecule has 3 amide bonds. The Morgan fingerprint density at radius 3 is 2.23 bits per heavy atom. The molecule has 3 fully saturated rings. The van der Waals surface area contributed by atoms with E-state index in [0.717, 1.165) is 76.9 Å². The van der Waals surface area contributed by atoms with Crippen LogP contribution < -0.4 is 5.32 Å². The Labute approximate surface area is 184 Å². The number of quaternary nitrogens is 1. The number of hydrogen-bond donors (Lipinski definition) is 1. The first-order valence-corrected chi connectivity index (χ1v) is 11.7. The number of carbonyl (C=O) groups is 3. The summed E-state index contributed by atoms with van der Waals surface area (Å²) in [6.45, 7) is 4.96. The zero-order valence-corrected chi connectivity index (χ0v) is 18.3. The highest BCUT2D eigenvalue weighted by molar-refractivity contribution is 6.34. The van der Waals surface area contributed by atoms with Crippen LogP contribution in [-0.2, 0) is 20.9 Å². The maximum Gasteiger partial charge on any atom is 0.411 e. The summed E-state index contributed by atoms with van der Waals surface area (Å²) in [5.41, 5.74) is 1.64. The van der Waals surface area contributed by atoms with Crippen LogP contribution in [0.15, 0.2) is 24.3 Å². The summed E-state index contributed by atoms with van der Waals surface area (Å²) >= 11 is 0. The molecule has 1 N–H and O–H groups in total. The van der Waals surface area contributed by atoms with E-state index in [1.807, 2.05) is 24.3 Å². The van der Waals surface area contributed by atoms with Gasteiger partial charge in [-0.1, -0.05) is 31.4 Å². The average molecular weight is 429 g/mol. The van der Waals surface area contributed by atoms with Crippen LogP contribution in [-0.4, -0.2) is 72.5 Å². The van der Waals surface area contributed by atoms with Crippen molar-refractivity contribution in [1.82, 2.24) is 10.2 Å². The van der Waals surface area contributed by atoms with Crippen molar-refractivity contribution >= 4 is 17.7 Å². The van der Waals surface area contributed by atoms with Gasteiger partial charge in [0.2, 0.25) is 0 Å². The molecule has 2 aliphatic heterocycles. The van der Waals surface area contributed by atoms with Crippen LogP contribution in [0.4, 0.5) is 0 Å². The van der Waals surface area contributed by atoms with Crippen LogP contribution in [0.25, 0.3) is 0 Å². The fourth-order valence-electron chi connectivity index (χ4n) is 5.08. The zero-order chi connectivity index (χ0) is 21.7. The number of morpholine rings is 1. The smallest absolute Gasteiger partial charge is 0.379 e. The molecule has 0 bridgehead atoms. The number of ether oxygens (including phenoxy) is 1. The van der Waals surface area contributed by atoms with Crippen LogP contribution in [0.2, 0.25) is 0 Å². The molecule has 168 valence electrons. The fraction of sp³-hybridized carbons (Fsp3) is 0.625. The van der Waals surface area contributed by atoms with Crippen molar-refractivity contribution in [2.75, 3.05) is 39.4 Å². The van der Waals surface area contributed by atoms with E-state index in [0.29, 0.717) is 18.7 Å². The largest absolute Gasteiger partial charge is 0.411 e. The van der Waals surface area contributed by atoms with E-state index in [4.69, 9.17) is 4.74 Å². The van der Waals surface area contributed by atoms with Crippen molar-refractivity contribution in [3.8, 4) is 0 Å². The first kappa shape index (κ1) is 22.1. The Morgan fingerprint density at radius 1 is 0.935 bits per heavy atom. The number of nitrogens with one attached hydrogen (secondary N) is 1. The molecule has 7 heteroatoms. The standard InChI is InChI=1S/C24H33N3O4/c28-22(25-21-6-2-1-3-7-21)24(30)27(14-4-5-15-27)23(29)20-10-8-19(9-11-20)18-26-12-16-31-17-13-26/h8-11,21H,1-7,12-18H2/p+1. The lowest BCUT2D eigenvalue weighted by Crippen LogP contribution is -2.60. The summed E-state index contributed by atoms with van der Waals surface area (Å²) in [4.78, 5) is 41.8. The molecule has 4 rings (SSSR count). The number of imide groups is 1. The van der Waals surface area contributed by atoms with Crippen molar-refractivity contribution in [2.24, 2.45) is 0 Å². The van der Waals surface area contributed by atoms with Gasteiger partial charge in [-0.2, -0.15) is 4.48 Å². The molecule has 2 saturated heterocycles. The molecule has 0 atom stereocenters. The lowest BCUT2D eigenvalue weighted by Gasteiger charge is -2.29. The monoisotopic (exact) mass is 428 g/mol. The third kappa shape index (κ3) is 5.05. The Balaban J connectivity index is 1.44. The third-order valence-corrected chi connectivity index (χ3v) is 6.95. The molecule has 3 aliphatic rings. The number of hydrogen-bond acceptors (Lipinski definition) is 5. The Hall–Kier alpha value is -2.09. The molecule has 31 heavy (non-hydrogen) atoms. The van der Waals surface area contributed by atoms with Gasteiger partial charge in [0.15, 0.2) is 0 Å². The molecular formula is C24H34N3O4+. The van der Waals surface area contributed by atoms with E-state index in [9.17, 15) is 14.4 Å². The SMILES string of the molecule is O=C(NC1CCCCC1)C(=O)[N+]1(C(=O)c2ccc(CN3CCOCC3)cc2)CCCC1. The average Bonchev–Trinajstić information content (AvgIpc) is 3.31. The van der Waals surface area contributed by atoms with Gasteiger partial charge in [-0.15, -0.1) is 0 Å². The minimum absolute atomic E-state index is 0.0578. The second-order valence-electron chi connectivity index (χ2n) is 9.13. The molecule has 7 nitrogen and oxygen atoms in total. The second kappa shape index (κ2) is 10.0. The molecule has 0 unspecified atom stereocenters. The number of rotatable bonds is 4. The molecule has 1 aliphatic carbocycles. The van der Waals surface area contributed by atoms with E-state index < -0.39 is 11.8 Å². The highest BCUT2D eigenvalue weighted by Crippen LogP contribution is 2.25.